The van der Waals surface area contributed by atoms with Crippen molar-refractivity contribution in [3.05, 3.63) is 60.0 Å². The Morgan fingerprint density at radius 3 is 2.96 bits per heavy atom. The Hall–Kier alpha value is -2.44. The van der Waals surface area contributed by atoms with E-state index in [4.69, 9.17) is 4.74 Å². The smallest absolute Gasteiger partial charge is 0.103 e. The van der Waals surface area contributed by atoms with E-state index in [1.807, 2.05) is 42.3 Å². The van der Waals surface area contributed by atoms with Crippen LogP contribution in [-0.4, -0.2) is 33.1 Å². The van der Waals surface area contributed by atoms with Crippen LogP contribution in [0, 0.1) is 5.92 Å². The maximum atomic E-state index is 6.08. The summed E-state index contributed by atoms with van der Waals surface area (Å²) in [5.41, 5.74) is 4.59. The van der Waals surface area contributed by atoms with Crippen LogP contribution in [0.3, 0.4) is 0 Å². The van der Waals surface area contributed by atoms with Crippen LogP contribution >= 0.6 is 0 Å². The molecule has 1 saturated heterocycles. The van der Waals surface area contributed by atoms with Gasteiger partial charge in [-0.05, 0) is 24.5 Å². The normalized spacial score (nSPS) is 20.3. The second-order valence-electron chi connectivity index (χ2n) is 6.84. The minimum atomic E-state index is 0.113. The lowest BCUT2D eigenvalue weighted by molar-refractivity contribution is -0.0323. The van der Waals surface area contributed by atoms with Gasteiger partial charge in [0.05, 0.1) is 17.6 Å². The summed E-state index contributed by atoms with van der Waals surface area (Å²) in [6.45, 7) is 2.52. The highest BCUT2D eigenvalue weighted by atomic mass is 16.5. The third-order valence-electron chi connectivity index (χ3n) is 5.10. The summed E-state index contributed by atoms with van der Waals surface area (Å²) >= 11 is 0. The molecule has 0 amide bonds. The fourth-order valence-corrected chi connectivity index (χ4v) is 3.73. The number of aromatic nitrogens is 4. The fourth-order valence-electron chi connectivity index (χ4n) is 3.73. The first kappa shape index (κ1) is 17.0. The fraction of sp³-hybridized carbons (Fsp3) is 0.400. The summed E-state index contributed by atoms with van der Waals surface area (Å²) in [4.78, 5) is 0. The number of hydrogen-bond acceptors (Lipinski definition) is 4. The summed E-state index contributed by atoms with van der Waals surface area (Å²) in [6.07, 6.45) is 6.14. The molecule has 0 saturated carbocycles. The van der Waals surface area contributed by atoms with E-state index in [-0.39, 0.29) is 6.10 Å². The SMILES string of the molecule is Cn1nccc1[C@@H]1OCCC[C@H]1CNCc1cn[nH]c1-c1ccccc1. The highest BCUT2D eigenvalue weighted by Gasteiger charge is 2.29. The summed E-state index contributed by atoms with van der Waals surface area (Å²) in [5, 5.41) is 15.3. The molecule has 1 aromatic carbocycles. The van der Waals surface area contributed by atoms with Crippen LogP contribution in [0.4, 0.5) is 0 Å². The maximum Gasteiger partial charge on any atom is 0.103 e. The van der Waals surface area contributed by atoms with Gasteiger partial charge in [0, 0.05) is 44.4 Å². The number of nitrogens with zero attached hydrogens (tertiary/aromatic N) is 3. The van der Waals surface area contributed by atoms with Crippen LogP contribution in [-0.2, 0) is 18.3 Å². The van der Waals surface area contributed by atoms with E-state index < -0.39 is 0 Å². The lowest BCUT2D eigenvalue weighted by Crippen LogP contribution is -2.32. The molecule has 0 unspecified atom stereocenters. The number of aryl methyl sites for hydroxylation is 1. The lowest BCUT2D eigenvalue weighted by atomic mass is 9.92. The van der Waals surface area contributed by atoms with Crippen LogP contribution < -0.4 is 5.32 Å². The standard InChI is InChI=1S/C20H25N5O/c1-25-18(9-10-23-25)20-16(8-5-11-26-20)12-21-13-17-14-22-24-19(17)15-6-3-2-4-7-15/h2-4,6-7,9-10,14,16,20-21H,5,8,11-13H2,1H3,(H,22,24)/t16-,20+/m0/s1. The van der Waals surface area contributed by atoms with E-state index in [2.05, 4.69) is 38.8 Å². The molecular formula is C20H25N5O. The van der Waals surface area contributed by atoms with Gasteiger partial charge in [-0.25, -0.2) is 0 Å². The Morgan fingerprint density at radius 2 is 2.15 bits per heavy atom. The molecule has 6 nitrogen and oxygen atoms in total. The van der Waals surface area contributed by atoms with Crippen LogP contribution in [0.15, 0.2) is 48.8 Å². The van der Waals surface area contributed by atoms with Gasteiger partial charge in [0.1, 0.15) is 6.10 Å². The second kappa shape index (κ2) is 7.85. The number of ether oxygens (including phenoxy) is 1. The van der Waals surface area contributed by atoms with Gasteiger partial charge in [-0.2, -0.15) is 10.2 Å². The van der Waals surface area contributed by atoms with Gasteiger partial charge < -0.3 is 10.1 Å². The van der Waals surface area contributed by atoms with Gasteiger partial charge in [-0.15, -0.1) is 0 Å². The molecule has 1 fully saturated rings. The molecule has 136 valence electrons. The molecule has 3 aromatic rings. The third-order valence-corrected chi connectivity index (χ3v) is 5.10. The summed E-state index contributed by atoms with van der Waals surface area (Å²) in [5.74, 6) is 0.450. The van der Waals surface area contributed by atoms with Crippen LogP contribution in [0.5, 0.6) is 0 Å². The summed E-state index contributed by atoms with van der Waals surface area (Å²) in [7, 11) is 1.98. The van der Waals surface area contributed by atoms with Crippen molar-refractivity contribution in [2.75, 3.05) is 13.2 Å². The Morgan fingerprint density at radius 1 is 1.27 bits per heavy atom. The zero-order valence-corrected chi connectivity index (χ0v) is 15.1. The molecule has 0 aliphatic carbocycles. The van der Waals surface area contributed by atoms with E-state index in [1.54, 1.807) is 0 Å². The Bertz CT molecular complexity index is 826. The first-order valence-electron chi connectivity index (χ1n) is 9.21. The van der Waals surface area contributed by atoms with Crippen molar-refractivity contribution in [2.24, 2.45) is 13.0 Å². The average molecular weight is 351 g/mol. The zero-order chi connectivity index (χ0) is 17.8. The quantitative estimate of drug-likeness (QED) is 0.716. The minimum Gasteiger partial charge on any atom is -0.372 e. The second-order valence-corrected chi connectivity index (χ2v) is 6.84. The van der Waals surface area contributed by atoms with Gasteiger partial charge in [0.2, 0.25) is 0 Å². The number of aromatic amines is 1. The van der Waals surface area contributed by atoms with E-state index >= 15 is 0 Å². The molecular weight excluding hydrogens is 326 g/mol. The predicted octanol–water partition coefficient (Wildman–Crippen LogP) is 3.07. The number of nitrogens with one attached hydrogen (secondary N) is 2. The molecule has 26 heavy (non-hydrogen) atoms. The topological polar surface area (TPSA) is 67.8 Å². The largest absolute Gasteiger partial charge is 0.372 e. The number of hydrogen-bond donors (Lipinski definition) is 2. The van der Waals surface area contributed by atoms with Crippen LogP contribution in [0.1, 0.15) is 30.2 Å². The highest BCUT2D eigenvalue weighted by Crippen LogP contribution is 2.33. The summed E-state index contributed by atoms with van der Waals surface area (Å²) < 4.78 is 8.00. The maximum absolute atomic E-state index is 6.08. The predicted molar refractivity (Wildman–Crippen MR) is 100 cm³/mol. The molecule has 1 aliphatic rings. The van der Waals surface area contributed by atoms with Crippen LogP contribution in [0.25, 0.3) is 11.3 Å². The van der Waals surface area contributed by atoms with Crippen molar-refractivity contribution in [3.63, 3.8) is 0 Å². The molecule has 6 heteroatoms. The number of rotatable bonds is 6. The Kier molecular flexibility index (Phi) is 5.13. The van der Waals surface area contributed by atoms with Crippen molar-refractivity contribution in [2.45, 2.75) is 25.5 Å². The number of H-pyrrole nitrogens is 1. The molecule has 1 aliphatic heterocycles. The van der Waals surface area contributed by atoms with Crippen molar-refractivity contribution in [1.82, 2.24) is 25.3 Å². The van der Waals surface area contributed by atoms with E-state index in [0.29, 0.717) is 5.92 Å². The van der Waals surface area contributed by atoms with E-state index in [9.17, 15) is 0 Å². The van der Waals surface area contributed by atoms with Crippen molar-refractivity contribution >= 4 is 0 Å². The van der Waals surface area contributed by atoms with Gasteiger partial charge >= 0.3 is 0 Å². The molecule has 0 spiro atoms. The average Bonchev–Trinajstić information content (AvgIpc) is 3.32. The van der Waals surface area contributed by atoms with Gasteiger partial charge in [0.15, 0.2) is 0 Å². The van der Waals surface area contributed by atoms with Crippen molar-refractivity contribution in [3.8, 4) is 11.3 Å². The van der Waals surface area contributed by atoms with Crippen molar-refractivity contribution < 1.29 is 4.74 Å². The molecule has 2 atom stereocenters. The molecule has 2 N–H and O–H groups in total. The van der Waals surface area contributed by atoms with Gasteiger partial charge in [-0.1, -0.05) is 30.3 Å². The molecule has 4 rings (SSSR count). The highest BCUT2D eigenvalue weighted by molar-refractivity contribution is 5.62. The minimum absolute atomic E-state index is 0.113. The molecule has 3 heterocycles. The zero-order valence-electron chi connectivity index (χ0n) is 15.1. The molecule has 0 bridgehead atoms. The first-order chi connectivity index (χ1) is 12.8. The van der Waals surface area contributed by atoms with E-state index in [0.717, 1.165) is 43.1 Å². The molecule has 2 aromatic heterocycles. The van der Waals surface area contributed by atoms with E-state index in [1.165, 1.54) is 12.0 Å². The number of benzene rings is 1. The van der Waals surface area contributed by atoms with Crippen LogP contribution in [0.2, 0.25) is 0 Å². The lowest BCUT2D eigenvalue weighted by Gasteiger charge is -2.32. The third kappa shape index (κ3) is 3.57. The monoisotopic (exact) mass is 351 g/mol. The Labute approximate surface area is 153 Å². The Balaban J connectivity index is 1.40. The van der Waals surface area contributed by atoms with Gasteiger partial charge in [0.25, 0.3) is 0 Å². The first-order valence-corrected chi connectivity index (χ1v) is 9.21. The van der Waals surface area contributed by atoms with Crippen molar-refractivity contribution in [1.29, 1.82) is 0 Å². The summed E-state index contributed by atoms with van der Waals surface area (Å²) in [6, 6.07) is 12.4. The van der Waals surface area contributed by atoms with Gasteiger partial charge in [-0.3, -0.25) is 9.78 Å². The molecule has 0 radical (unpaired) electrons.